The van der Waals surface area contributed by atoms with Crippen LogP contribution in [0.25, 0.3) is 0 Å². The molecule has 4 aliphatic rings. The summed E-state index contributed by atoms with van der Waals surface area (Å²) in [6, 6.07) is 0. The first-order valence-corrected chi connectivity index (χ1v) is 10.7. The summed E-state index contributed by atoms with van der Waals surface area (Å²) in [5, 5.41) is 13.5. The van der Waals surface area contributed by atoms with Crippen LogP contribution in [0.2, 0.25) is 0 Å². The lowest BCUT2D eigenvalue weighted by Gasteiger charge is -2.56. The van der Waals surface area contributed by atoms with Crippen LogP contribution in [0.1, 0.15) is 26.7 Å². The topological polar surface area (TPSA) is 48.8 Å². The molecule has 144 valence electrons. The lowest BCUT2D eigenvalue weighted by Crippen LogP contribution is -2.49. The summed E-state index contributed by atoms with van der Waals surface area (Å²) in [7, 11) is 0. The van der Waals surface area contributed by atoms with Crippen molar-refractivity contribution in [2.24, 2.45) is 17.3 Å². The van der Waals surface area contributed by atoms with E-state index in [9.17, 15) is 5.11 Å². The number of nitrogens with zero attached hydrogens (tertiary/aromatic N) is 3. The van der Waals surface area contributed by atoms with Gasteiger partial charge in [-0.1, -0.05) is 19.9 Å². The van der Waals surface area contributed by atoms with E-state index in [1.165, 1.54) is 18.4 Å². The van der Waals surface area contributed by atoms with Crippen molar-refractivity contribution in [1.29, 1.82) is 0 Å². The van der Waals surface area contributed by atoms with Gasteiger partial charge in [-0.3, -0.25) is 4.90 Å². The minimum absolute atomic E-state index is 0.409. The number of piperazine rings is 1. The fourth-order valence-corrected chi connectivity index (χ4v) is 5.49. The number of aromatic nitrogens is 1. The number of ether oxygens (including phenoxy) is 1. The van der Waals surface area contributed by atoms with Gasteiger partial charge in [-0.2, -0.15) is 0 Å². The van der Waals surface area contributed by atoms with Crippen LogP contribution in [0.3, 0.4) is 0 Å². The Morgan fingerprint density at radius 3 is 2.81 bits per heavy atom. The van der Waals surface area contributed by atoms with Crippen molar-refractivity contribution in [3.05, 3.63) is 23.2 Å². The summed E-state index contributed by atoms with van der Waals surface area (Å²) < 4.78 is 5.88. The normalized spacial score (nSPS) is 29.2. The molecule has 2 bridgehead atoms. The number of hydrogen-bond donors (Lipinski definition) is 1. The lowest BCUT2D eigenvalue weighted by molar-refractivity contribution is -0.0262. The van der Waals surface area contributed by atoms with E-state index in [0.29, 0.717) is 31.1 Å². The third kappa shape index (κ3) is 3.70. The van der Waals surface area contributed by atoms with E-state index in [-0.39, 0.29) is 0 Å². The zero-order chi connectivity index (χ0) is 18.1. The molecule has 1 aliphatic heterocycles. The Kier molecular flexibility index (Phi) is 5.37. The number of β-amino-alcohol motifs (C(OH)–C–C–N with tert-alkyl or cyclic N) is 1. The maximum atomic E-state index is 10.3. The van der Waals surface area contributed by atoms with Gasteiger partial charge < -0.3 is 14.7 Å². The van der Waals surface area contributed by atoms with Gasteiger partial charge in [-0.25, -0.2) is 4.98 Å². The summed E-state index contributed by atoms with van der Waals surface area (Å²) in [6.45, 7) is 10.5. The number of aliphatic hydroxyl groups is 1. The standard InChI is InChI=1S/C20H31N3O2S/c1-20(2)16-4-3-15(18(20)11-16)13-25-14-17(24)12-22-6-8-23(9-7-22)19-21-5-10-26-19/h3,5,10,16-18,24H,4,6-9,11-14H2,1-2H3/t16-,17+,18+/m1/s1. The molecule has 1 aromatic rings. The number of aliphatic hydroxyl groups excluding tert-OH is 1. The number of rotatable bonds is 7. The van der Waals surface area contributed by atoms with E-state index in [4.69, 9.17) is 4.74 Å². The first-order valence-electron chi connectivity index (χ1n) is 9.85. The van der Waals surface area contributed by atoms with Crippen LogP contribution in [0.4, 0.5) is 5.13 Å². The summed E-state index contributed by atoms with van der Waals surface area (Å²) in [4.78, 5) is 9.04. The minimum atomic E-state index is -0.409. The van der Waals surface area contributed by atoms with Crippen molar-refractivity contribution in [3.8, 4) is 0 Å². The van der Waals surface area contributed by atoms with Gasteiger partial charge in [0.15, 0.2) is 5.13 Å². The Hall–Kier alpha value is -0.950. The molecule has 3 aliphatic carbocycles. The van der Waals surface area contributed by atoms with Gasteiger partial charge in [0.1, 0.15) is 0 Å². The highest BCUT2D eigenvalue weighted by atomic mass is 32.1. The molecular formula is C20H31N3O2S. The van der Waals surface area contributed by atoms with Gasteiger partial charge in [-0.15, -0.1) is 11.3 Å². The van der Waals surface area contributed by atoms with E-state index < -0.39 is 6.10 Å². The van der Waals surface area contributed by atoms with Crippen LogP contribution in [0.15, 0.2) is 23.2 Å². The van der Waals surface area contributed by atoms with Crippen molar-refractivity contribution in [1.82, 2.24) is 9.88 Å². The molecule has 0 radical (unpaired) electrons. The average Bonchev–Trinajstić information content (AvgIpc) is 3.17. The maximum Gasteiger partial charge on any atom is 0.185 e. The second kappa shape index (κ2) is 7.58. The fourth-order valence-electron chi connectivity index (χ4n) is 4.80. The third-order valence-corrected chi connectivity index (χ3v) is 7.52. The molecule has 6 heteroatoms. The summed E-state index contributed by atoms with van der Waals surface area (Å²) >= 11 is 1.69. The second-order valence-corrected chi connectivity index (χ2v) is 9.47. The van der Waals surface area contributed by atoms with Gasteiger partial charge in [0.05, 0.1) is 19.3 Å². The fraction of sp³-hybridized carbons (Fsp3) is 0.750. The molecule has 0 spiro atoms. The molecule has 1 saturated heterocycles. The average molecular weight is 378 g/mol. The second-order valence-electron chi connectivity index (χ2n) is 8.59. The molecule has 26 heavy (non-hydrogen) atoms. The van der Waals surface area contributed by atoms with Crippen LogP contribution in [-0.2, 0) is 4.74 Å². The van der Waals surface area contributed by atoms with E-state index >= 15 is 0 Å². The highest BCUT2D eigenvalue weighted by molar-refractivity contribution is 7.13. The Morgan fingerprint density at radius 1 is 1.35 bits per heavy atom. The highest BCUT2D eigenvalue weighted by Crippen LogP contribution is 2.59. The number of fused-ring (bicyclic) bond motifs is 1. The van der Waals surface area contributed by atoms with Crippen LogP contribution >= 0.6 is 11.3 Å². The van der Waals surface area contributed by atoms with Gasteiger partial charge in [0.2, 0.25) is 0 Å². The van der Waals surface area contributed by atoms with Crippen LogP contribution in [0.5, 0.6) is 0 Å². The Bertz CT molecular complexity index is 623. The van der Waals surface area contributed by atoms with Crippen molar-refractivity contribution in [3.63, 3.8) is 0 Å². The SMILES string of the molecule is CC1(C)[C@@H]2CC=C(COC[C@@H](O)CN3CCN(c4nccs4)CC3)[C@@H]1C2. The predicted molar refractivity (Wildman–Crippen MR) is 106 cm³/mol. The van der Waals surface area contributed by atoms with Gasteiger partial charge in [0.25, 0.3) is 0 Å². The third-order valence-electron chi connectivity index (χ3n) is 6.69. The summed E-state index contributed by atoms with van der Waals surface area (Å²) in [5.74, 6) is 1.56. The first kappa shape index (κ1) is 18.4. The monoisotopic (exact) mass is 377 g/mol. The molecule has 0 aromatic carbocycles. The Labute approximate surface area is 160 Å². The molecule has 5 nitrogen and oxygen atoms in total. The molecule has 2 fully saturated rings. The van der Waals surface area contributed by atoms with Crippen molar-refractivity contribution in [2.75, 3.05) is 50.8 Å². The van der Waals surface area contributed by atoms with Crippen molar-refractivity contribution < 1.29 is 9.84 Å². The van der Waals surface area contributed by atoms with Crippen LogP contribution in [0, 0.1) is 17.3 Å². The minimum Gasteiger partial charge on any atom is -0.389 e. The van der Waals surface area contributed by atoms with E-state index in [0.717, 1.165) is 37.2 Å². The predicted octanol–water partition coefficient (Wildman–Crippen LogP) is 2.64. The molecule has 1 aromatic heterocycles. The number of allylic oxidation sites excluding steroid dienone is 1. The quantitative estimate of drug-likeness (QED) is 0.740. The zero-order valence-corrected chi connectivity index (χ0v) is 16.7. The molecule has 1 saturated carbocycles. The van der Waals surface area contributed by atoms with Crippen molar-refractivity contribution >= 4 is 16.5 Å². The van der Waals surface area contributed by atoms with E-state index in [2.05, 4.69) is 34.7 Å². The molecule has 0 unspecified atom stereocenters. The molecule has 5 rings (SSSR count). The lowest BCUT2D eigenvalue weighted by atomic mass is 9.49. The van der Waals surface area contributed by atoms with Crippen LogP contribution in [-0.4, -0.2) is 67.0 Å². The highest BCUT2D eigenvalue weighted by Gasteiger charge is 2.50. The van der Waals surface area contributed by atoms with Gasteiger partial charge in [0, 0.05) is 44.3 Å². The zero-order valence-electron chi connectivity index (χ0n) is 15.9. The van der Waals surface area contributed by atoms with E-state index in [1.807, 2.05) is 11.6 Å². The number of thiazole rings is 1. The first-order chi connectivity index (χ1) is 12.5. The number of anilines is 1. The molecular weight excluding hydrogens is 346 g/mol. The maximum absolute atomic E-state index is 10.3. The Balaban J connectivity index is 1.15. The molecule has 2 heterocycles. The molecule has 3 atom stereocenters. The smallest absolute Gasteiger partial charge is 0.185 e. The summed E-state index contributed by atoms with van der Waals surface area (Å²) in [5.41, 5.74) is 1.91. The summed E-state index contributed by atoms with van der Waals surface area (Å²) in [6.07, 6.45) is 6.36. The Morgan fingerprint density at radius 2 is 2.15 bits per heavy atom. The largest absolute Gasteiger partial charge is 0.389 e. The van der Waals surface area contributed by atoms with Gasteiger partial charge >= 0.3 is 0 Å². The molecule has 1 N–H and O–H groups in total. The molecule has 0 amide bonds. The van der Waals surface area contributed by atoms with Crippen LogP contribution < -0.4 is 4.90 Å². The number of hydrogen-bond acceptors (Lipinski definition) is 6. The van der Waals surface area contributed by atoms with E-state index in [1.54, 1.807) is 11.3 Å². The van der Waals surface area contributed by atoms with Crippen molar-refractivity contribution in [2.45, 2.75) is 32.8 Å². The van der Waals surface area contributed by atoms with Gasteiger partial charge in [-0.05, 0) is 35.7 Å².